The van der Waals surface area contributed by atoms with Crippen LogP contribution >= 0.6 is 0 Å². The predicted octanol–water partition coefficient (Wildman–Crippen LogP) is 4.07. The second kappa shape index (κ2) is 6.24. The third kappa shape index (κ3) is 2.96. The minimum absolute atomic E-state index is 0.0109. The number of hydrogen-bond acceptors (Lipinski definition) is 1. The highest BCUT2D eigenvalue weighted by molar-refractivity contribution is 5.82. The van der Waals surface area contributed by atoms with Crippen molar-refractivity contribution in [3.05, 3.63) is 46.4 Å². The van der Waals surface area contributed by atoms with Crippen LogP contribution in [-0.2, 0) is 0 Å². The third-order valence-electron chi connectivity index (χ3n) is 2.98. The summed E-state index contributed by atoms with van der Waals surface area (Å²) in [6, 6.07) is 8.02. The number of rotatable bonds is 2. The Labute approximate surface area is 103 Å². The summed E-state index contributed by atoms with van der Waals surface area (Å²) in [6.45, 7) is 8.38. The molecule has 1 aromatic heterocycles. The summed E-state index contributed by atoms with van der Waals surface area (Å²) in [5.41, 5.74) is 1.29. The zero-order valence-corrected chi connectivity index (χ0v) is 11.1. The number of H-pyrrole nitrogens is 1. The van der Waals surface area contributed by atoms with E-state index in [4.69, 9.17) is 0 Å². The summed E-state index contributed by atoms with van der Waals surface area (Å²) in [5.74, 6) is 0.550. The van der Waals surface area contributed by atoms with Crippen LogP contribution in [0.5, 0.6) is 0 Å². The van der Waals surface area contributed by atoms with Gasteiger partial charge < -0.3 is 4.98 Å². The van der Waals surface area contributed by atoms with E-state index in [1.54, 1.807) is 6.20 Å². The molecule has 0 aliphatic heterocycles. The summed E-state index contributed by atoms with van der Waals surface area (Å²) in [7, 11) is 0. The van der Waals surface area contributed by atoms with Gasteiger partial charge in [0.25, 0.3) is 5.56 Å². The molecule has 92 valence electrons. The minimum Gasteiger partial charge on any atom is -0.329 e. The highest BCUT2D eigenvalue weighted by atomic mass is 16.1. The lowest BCUT2D eigenvalue weighted by atomic mass is 9.96. The summed E-state index contributed by atoms with van der Waals surface area (Å²) in [6.07, 6.45) is 2.82. The average Bonchev–Trinajstić information content (AvgIpc) is 2.40. The molecule has 1 aromatic carbocycles. The maximum atomic E-state index is 11.5. The predicted molar refractivity (Wildman–Crippen MR) is 74.6 cm³/mol. The first-order chi connectivity index (χ1) is 8.22. The number of aromatic amines is 1. The van der Waals surface area contributed by atoms with Gasteiger partial charge in [-0.1, -0.05) is 39.8 Å². The van der Waals surface area contributed by atoms with Crippen LogP contribution in [0.2, 0.25) is 0 Å². The molecule has 0 saturated carbocycles. The Morgan fingerprint density at radius 3 is 2.59 bits per heavy atom. The van der Waals surface area contributed by atoms with Crippen LogP contribution in [-0.4, -0.2) is 4.98 Å². The van der Waals surface area contributed by atoms with Crippen molar-refractivity contribution in [2.24, 2.45) is 0 Å². The molecule has 1 N–H and O–H groups in total. The molecule has 0 spiro atoms. The van der Waals surface area contributed by atoms with Crippen molar-refractivity contribution in [2.75, 3.05) is 0 Å². The van der Waals surface area contributed by atoms with Gasteiger partial charge in [-0.15, -0.1) is 0 Å². The topological polar surface area (TPSA) is 32.9 Å². The summed E-state index contributed by atoms with van der Waals surface area (Å²) < 4.78 is 0. The van der Waals surface area contributed by atoms with E-state index in [9.17, 15) is 4.79 Å². The van der Waals surface area contributed by atoms with Crippen molar-refractivity contribution in [3.63, 3.8) is 0 Å². The molecule has 17 heavy (non-hydrogen) atoms. The summed E-state index contributed by atoms with van der Waals surface area (Å²) >= 11 is 0. The Morgan fingerprint density at radius 2 is 1.94 bits per heavy atom. The van der Waals surface area contributed by atoms with Gasteiger partial charge in [-0.2, -0.15) is 0 Å². The number of nitrogens with one attached hydrogen (secondary N) is 1. The van der Waals surface area contributed by atoms with E-state index in [1.165, 1.54) is 5.56 Å². The van der Waals surface area contributed by atoms with Crippen molar-refractivity contribution in [1.29, 1.82) is 0 Å². The fourth-order valence-corrected chi connectivity index (χ4v) is 1.75. The van der Waals surface area contributed by atoms with E-state index in [2.05, 4.69) is 24.9 Å². The third-order valence-corrected chi connectivity index (χ3v) is 2.98. The standard InChI is InChI=1S/C13H15NO.C2H6/c1-3-9(2)10-4-5-12-11(8-10)6-7-14-13(12)15;1-2/h4-9H,3H2,1-2H3,(H,14,15);1-2H3. The van der Waals surface area contributed by atoms with Crippen LogP contribution in [0, 0.1) is 0 Å². The highest BCUT2D eigenvalue weighted by Gasteiger charge is 2.04. The molecule has 2 nitrogen and oxygen atoms in total. The van der Waals surface area contributed by atoms with Crippen LogP contribution < -0.4 is 5.56 Å². The molecule has 0 radical (unpaired) electrons. The van der Waals surface area contributed by atoms with Gasteiger partial charge in [0.15, 0.2) is 0 Å². The van der Waals surface area contributed by atoms with Gasteiger partial charge >= 0.3 is 0 Å². The highest BCUT2D eigenvalue weighted by Crippen LogP contribution is 2.21. The molecule has 2 heteroatoms. The van der Waals surface area contributed by atoms with Gasteiger partial charge in [-0.3, -0.25) is 4.79 Å². The number of benzene rings is 1. The SMILES string of the molecule is CC.CCC(C)c1ccc2c(=O)[nH]ccc2c1. The zero-order valence-electron chi connectivity index (χ0n) is 11.1. The average molecular weight is 231 g/mol. The van der Waals surface area contributed by atoms with Gasteiger partial charge in [0.2, 0.25) is 0 Å². The Kier molecular flexibility index (Phi) is 4.95. The first kappa shape index (κ1) is 13.5. The molecule has 0 aliphatic carbocycles. The molecule has 0 bridgehead atoms. The van der Waals surface area contributed by atoms with E-state index in [1.807, 2.05) is 32.0 Å². The molecule has 2 aromatic rings. The number of aromatic nitrogens is 1. The van der Waals surface area contributed by atoms with Gasteiger partial charge in [-0.05, 0) is 35.4 Å². The zero-order chi connectivity index (χ0) is 12.8. The molecular formula is C15H21NO. The van der Waals surface area contributed by atoms with E-state index >= 15 is 0 Å². The van der Waals surface area contributed by atoms with Crippen LogP contribution in [0.3, 0.4) is 0 Å². The monoisotopic (exact) mass is 231 g/mol. The second-order valence-electron chi connectivity index (χ2n) is 3.96. The normalized spacial score (nSPS) is 11.8. The van der Waals surface area contributed by atoms with E-state index < -0.39 is 0 Å². The Balaban J connectivity index is 0.000000686. The maximum Gasteiger partial charge on any atom is 0.255 e. The molecule has 0 saturated heterocycles. The molecule has 1 unspecified atom stereocenters. The Hall–Kier alpha value is -1.57. The Bertz CT molecular complexity index is 528. The van der Waals surface area contributed by atoms with Crippen molar-refractivity contribution < 1.29 is 0 Å². The lowest BCUT2D eigenvalue weighted by molar-refractivity contribution is 0.734. The first-order valence-electron chi connectivity index (χ1n) is 6.33. The van der Waals surface area contributed by atoms with Crippen molar-refractivity contribution >= 4 is 10.8 Å². The van der Waals surface area contributed by atoms with Crippen LogP contribution in [0.1, 0.15) is 45.6 Å². The van der Waals surface area contributed by atoms with Crippen LogP contribution in [0.15, 0.2) is 35.3 Å². The minimum atomic E-state index is -0.0109. The van der Waals surface area contributed by atoms with Gasteiger partial charge in [0.1, 0.15) is 0 Å². The Morgan fingerprint density at radius 1 is 1.24 bits per heavy atom. The first-order valence-corrected chi connectivity index (χ1v) is 6.33. The smallest absolute Gasteiger partial charge is 0.255 e. The maximum absolute atomic E-state index is 11.5. The van der Waals surface area contributed by atoms with Crippen molar-refractivity contribution in [2.45, 2.75) is 40.0 Å². The number of hydrogen-bond donors (Lipinski definition) is 1. The van der Waals surface area contributed by atoms with Crippen molar-refractivity contribution in [1.82, 2.24) is 4.98 Å². The quantitative estimate of drug-likeness (QED) is 0.830. The molecule has 0 aliphatic rings. The van der Waals surface area contributed by atoms with Crippen LogP contribution in [0.4, 0.5) is 0 Å². The van der Waals surface area contributed by atoms with E-state index in [-0.39, 0.29) is 5.56 Å². The molecule has 1 heterocycles. The number of pyridine rings is 1. The molecule has 2 rings (SSSR count). The molecule has 0 amide bonds. The lowest BCUT2D eigenvalue weighted by Crippen LogP contribution is -2.04. The molecular weight excluding hydrogens is 210 g/mol. The summed E-state index contributed by atoms with van der Waals surface area (Å²) in [5, 5.41) is 1.79. The van der Waals surface area contributed by atoms with Crippen molar-refractivity contribution in [3.8, 4) is 0 Å². The van der Waals surface area contributed by atoms with Gasteiger partial charge in [0.05, 0.1) is 0 Å². The van der Waals surface area contributed by atoms with E-state index in [0.29, 0.717) is 5.92 Å². The van der Waals surface area contributed by atoms with Crippen LogP contribution in [0.25, 0.3) is 10.8 Å². The van der Waals surface area contributed by atoms with Gasteiger partial charge in [0, 0.05) is 11.6 Å². The molecule has 1 atom stereocenters. The fraction of sp³-hybridized carbons (Fsp3) is 0.400. The largest absolute Gasteiger partial charge is 0.329 e. The van der Waals surface area contributed by atoms with E-state index in [0.717, 1.165) is 17.2 Å². The number of fused-ring (bicyclic) bond motifs is 1. The lowest BCUT2D eigenvalue weighted by Gasteiger charge is -2.09. The fourth-order valence-electron chi connectivity index (χ4n) is 1.75. The summed E-state index contributed by atoms with van der Waals surface area (Å²) in [4.78, 5) is 14.2. The second-order valence-corrected chi connectivity index (χ2v) is 3.96. The molecule has 0 fully saturated rings. The van der Waals surface area contributed by atoms with Gasteiger partial charge in [-0.25, -0.2) is 0 Å².